The second-order valence-corrected chi connectivity index (χ2v) is 14.7. The van der Waals surface area contributed by atoms with Gasteiger partial charge in [-0.05, 0) is 77.4 Å². The van der Waals surface area contributed by atoms with Crippen LogP contribution in [0.2, 0.25) is 0 Å². The lowest BCUT2D eigenvalue weighted by molar-refractivity contribution is -0.264. The van der Waals surface area contributed by atoms with Crippen LogP contribution in [0.4, 0.5) is 0 Å². The van der Waals surface area contributed by atoms with Gasteiger partial charge in [-0.2, -0.15) is 9.78 Å². The van der Waals surface area contributed by atoms with E-state index in [9.17, 15) is 5.11 Å². The van der Waals surface area contributed by atoms with E-state index in [1.165, 1.54) is 5.57 Å². The second kappa shape index (κ2) is 8.36. The Balaban J connectivity index is 1.20. The fourth-order valence-corrected chi connectivity index (χ4v) is 10.9. The van der Waals surface area contributed by atoms with Gasteiger partial charge in [0.25, 0.3) is 5.95 Å². The first-order valence-electron chi connectivity index (χ1n) is 14.2. The van der Waals surface area contributed by atoms with Crippen molar-refractivity contribution in [3.63, 3.8) is 0 Å². The van der Waals surface area contributed by atoms with Crippen molar-refractivity contribution in [3.8, 4) is 5.95 Å². The van der Waals surface area contributed by atoms with E-state index in [0.29, 0.717) is 25.4 Å². The second-order valence-electron chi connectivity index (χ2n) is 13.1. The molecule has 9 atom stereocenters. The summed E-state index contributed by atoms with van der Waals surface area (Å²) in [5.41, 5.74) is 1.82. The predicted molar refractivity (Wildman–Crippen MR) is 148 cm³/mol. The van der Waals surface area contributed by atoms with Crippen LogP contribution < -0.4 is 0 Å². The van der Waals surface area contributed by atoms with Gasteiger partial charge in [-0.25, -0.2) is 9.97 Å². The van der Waals surface area contributed by atoms with Crippen molar-refractivity contribution in [3.05, 3.63) is 39.9 Å². The van der Waals surface area contributed by atoms with E-state index in [1.807, 2.05) is 6.20 Å². The van der Waals surface area contributed by atoms with Crippen molar-refractivity contribution < 1.29 is 24.1 Å². The third-order valence-corrected chi connectivity index (χ3v) is 13.1. The van der Waals surface area contributed by atoms with Crippen molar-refractivity contribution >= 4 is 33.6 Å². The van der Waals surface area contributed by atoms with Gasteiger partial charge in [0.2, 0.25) is 5.79 Å². The monoisotopic (exact) mass is 632 g/mol. The molecule has 9 nitrogen and oxygen atoms in total. The SMILES string of the molecule is C[C@@H]1C[C@H]2[C@@H]3CCC4=Cc5c(cnn5-c5ncc(Br)cn5)C[C@]4(C)[C@@]3(Cl)[C@@H](O)C[C@]2(C)[C@]12OCOC21COCO1. The number of aliphatic hydroxyl groups excluding tert-OH is 1. The molecule has 4 heterocycles. The number of halogens is 2. The summed E-state index contributed by atoms with van der Waals surface area (Å²) in [6, 6.07) is 0. The Morgan fingerprint density at radius 3 is 2.62 bits per heavy atom. The molecule has 0 radical (unpaired) electrons. The largest absolute Gasteiger partial charge is 0.391 e. The minimum absolute atomic E-state index is 0.0989. The number of hydrogen-bond donors (Lipinski definition) is 1. The van der Waals surface area contributed by atoms with Gasteiger partial charge in [0, 0.05) is 23.2 Å². The standard InChI is InChI=1S/C29H34BrClN4O5/c1-16-6-21-20-5-4-18-7-22-17(10-34-35(22)24-32-11-19(30)12-33-24)8-25(18,2)28(20,31)23(36)9-26(21,3)29(16)27(39-15-40-29)13-37-14-38-27/h7,10-12,16,20-21,23,36H,4-6,8-9,13-15H2,1-3H3/t16-,20+,21+,23+,25+,26+,27?,28+,29-/m1/s1. The zero-order chi connectivity index (χ0) is 27.7. The number of aliphatic hydroxyl groups is 1. The van der Waals surface area contributed by atoms with E-state index in [0.717, 1.165) is 35.0 Å². The Kier molecular flexibility index (Phi) is 5.49. The van der Waals surface area contributed by atoms with Gasteiger partial charge >= 0.3 is 0 Å². The maximum absolute atomic E-state index is 12.2. The molecule has 214 valence electrons. The molecule has 2 aromatic rings. The van der Waals surface area contributed by atoms with Gasteiger partial charge in [-0.1, -0.05) is 26.3 Å². The normalized spacial score (nSPS) is 47.2. The lowest BCUT2D eigenvalue weighted by Crippen LogP contribution is -2.71. The molecule has 40 heavy (non-hydrogen) atoms. The molecule has 2 aromatic heterocycles. The molecule has 6 aliphatic rings. The molecule has 8 rings (SSSR count). The molecule has 0 amide bonds. The van der Waals surface area contributed by atoms with Crippen LogP contribution in [0.1, 0.15) is 57.7 Å². The molecule has 2 aliphatic heterocycles. The fourth-order valence-electron chi connectivity index (χ4n) is 10.2. The van der Waals surface area contributed by atoms with E-state index in [1.54, 1.807) is 17.1 Å². The quantitative estimate of drug-likeness (QED) is 0.454. The average Bonchev–Trinajstić information content (AvgIpc) is 3.69. The summed E-state index contributed by atoms with van der Waals surface area (Å²) < 4.78 is 27.3. The van der Waals surface area contributed by atoms with Crippen LogP contribution in [-0.2, 0) is 25.4 Å². The predicted octanol–water partition coefficient (Wildman–Crippen LogP) is 4.63. The third kappa shape index (κ3) is 2.89. The molecule has 0 bridgehead atoms. The van der Waals surface area contributed by atoms with Crippen LogP contribution in [0, 0.1) is 28.6 Å². The van der Waals surface area contributed by atoms with Crippen molar-refractivity contribution in [1.29, 1.82) is 0 Å². The zero-order valence-electron chi connectivity index (χ0n) is 22.9. The van der Waals surface area contributed by atoms with Crippen molar-refractivity contribution in [2.24, 2.45) is 28.6 Å². The van der Waals surface area contributed by atoms with E-state index in [2.05, 4.69) is 57.8 Å². The minimum atomic E-state index is -0.949. The number of rotatable bonds is 1. The van der Waals surface area contributed by atoms with Crippen molar-refractivity contribution in [2.75, 3.05) is 20.2 Å². The van der Waals surface area contributed by atoms with Gasteiger partial charge in [0.1, 0.15) is 12.2 Å². The molecule has 0 aromatic carbocycles. The Hall–Kier alpha value is -1.40. The Labute approximate surface area is 246 Å². The summed E-state index contributed by atoms with van der Waals surface area (Å²) in [6.07, 6.45) is 10.8. The van der Waals surface area contributed by atoms with Gasteiger partial charge in [-0.15, -0.1) is 11.6 Å². The van der Waals surface area contributed by atoms with E-state index >= 15 is 0 Å². The number of ether oxygens (including phenoxy) is 4. The van der Waals surface area contributed by atoms with Crippen LogP contribution in [-0.4, -0.2) is 67.4 Å². The molecule has 11 heteroatoms. The summed E-state index contributed by atoms with van der Waals surface area (Å²) >= 11 is 11.3. The fraction of sp³-hybridized carbons (Fsp3) is 0.690. The highest BCUT2D eigenvalue weighted by atomic mass is 79.9. The van der Waals surface area contributed by atoms with Crippen LogP contribution in [0.15, 0.2) is 28.6 Å². The molecule has 3 saturated carbocycles. The number of aromatic nitrogens is 4. The summed E-state index contributed by atoms with van der Waals surface area (Å²) in [6.45, 7) is 7.46. The highest BCUT2D eigenvalue weighted by Crippen LogP contribution is 2.75. The number of hydrogen-bond acceptors (Lipinski definition) is 8. The summed E-state index contributed by atoms with van der Waals surface area (Å²) in [5, 5.41) is 16.9. The lowest BCUT2D eigenvalue weighted by Gasteiger charge is -2.65. The summed E-state index contributed by atoms with van der Waals surface area (Å²) in [5.74, 6) is 0.0785. The number of allylic oxidation sites excluding steroid dienone is 1. The smallest absolute Gasteiger partial charge is 0.251 e. The van der Waals surface area contributed by atoms with Gasteiger partial charge in [0.05, 0.1) is 27.3 Å². The van der Waals surface area contributed by atoms with E-state index < -0.39 is 27.8 Å². The third-order valence-electron chi connectivity index (χ3n) is 11.7. The molecular weight excluding hydrogens is 600 g/mol. The molecule has 2 spiro atoms. The first kappa shape index (κ1) is 26.2. The topological polar surface area (TPSA) is 101 Å². The molecule has 1 unspecified atom stereocenters. The summed E-state index contributed by atoms with van der Waals surface area (Å²) in [4.78, 5) is 8.09. The van der Waals surface area contributed by atoms with E-state index in [-0.39, 0.29) is 36.8 Å². The van der Waals surface area contributed by atoms with E-state index in [4.69, 9.17) is 30.5 Å². The van der Waals surface area contributed by atoms with Gasteiger partial charge in [0.15, 0.2) is 13.6 Å². The van der Waals surface area contributed by atoms with Crippen LogP contribution in [0.25, 0.3) is 12.0 Å². The Bertz CT molecular complexity index is 1410. The summed E-state index contributed by atoms with van der Waals surface area (Å²) in [7, 11) is 0. The van der Waals surface area contributed by atoms with Gasteiger partial charge in [-0.3, -0.25) is 0 Å². The van der Waals surface area contributed by atoms with Gasteiger partial charge < -0.3 is 24.1 Å². The first-order chi connectivity index (χ1) is 19.1. The average molecular weight is 634 g/mol. The number of alkyl halides is 1. The molecular formula is C29H34BrClN4O5. The van der Waals surface area contributed by atoms with Crippen molar-refractivity contribution in [2.45, 2.75) is 75.2 Å². The van der Waals surface area contributed by atoms with Crippen molar-refractivity contribution in [1.82, 2.24) is 19.7 Å². The Morgan fingerprint density at radius 2 is 1.88 bits per heavy atom. The number of nitrogens with zero attached hydrogens (tertiary/aromatic N) is 4. The molecule has 5 fully saturated rings. The zero-order valence-corrected chi connectivity index (χ0v) is 25.2. The van der Waals surface area contributed by atoms with Crippen LogP contribution in [0.3, 0.4) is 0 Å². The van der Waals surface area contributed by atoms with Crippen LogP contribution >= 0.6 is 27.5 Å². The molecule has 1 N–H and O–H groups in total. The maximum atomic E-state index is 12.2. The Morgan fingerprint density at radius 1 is 1.10 bits per heavy atom. The minimum Gasteiger partial charge on any atom is -0.391 e. The number of fused-ring (bicyclic) bond motifs is 8. The maximum Gasteiger partial charge on any atom is 0.251 e. The highest BCUT2D eigenvalue weighted by Gasteiger charge is 2.81. The lowest BCUT2D eigenvalue weighted by atomic mass is 9.44. The highest BCUT2D eigenvalue weighted by molar-refractivity contribution is 9.10. The molecule has 2 saturated heterocycles. The first-order valence-corrected chi connectivity index (χ1v) is 15.4. The molecule has 4 aliphatic carbocycles. The van der Waals surface area contributed by atoms with Crippen LogP contribution in [0.5, 0.6) is 0 Å².